The van der Waals surface area contributed by atoms with Gasteiger partial charge in [-0.15, -0.1) is 0 Å². The van der Waals surface area contributed by atoms with Crippen LogP contribution in [0.1, 0.15) is 6.42 Å². The van der Waals surface area contributed by atoms with Gasteiger partial charge in [0.05, 0.1) is 7.11 Å². The van der Waals surface area contributed by atoms with E-state index in [1.54, 1.807) is 0 Å². The zero-order valence-corrected chi connectivity index (χ0v) is 13.7. The molecule has 1 aliphatic heterocycles. The number of ether oxygens (including phenoxy) is 1. The number of hydrogen-bond acceptors (Lipinski definition) is 6. The summed E-state index contributed by atoms with van der Waals surface area (Å²) in [6, 6.07) is -0.147. The third-order valence-corrected chi connectivity index (χ3v) is 3.65. The molecule has 2 rings (SSSR count). The van der Waals surface area contributed by atoms with Gasteiger partial charge in [0, 0.05) is 33.7 Å². The minimum atomic E-state index is -0.147. The lowest BCUT2D eigenvalue weighted by atomic mass is 10.4. The van der Waals surface area contributed by atoms with Crippen LogP contribution in [0, 0.1) is 0 Å². The fourth-order valence-electron chi connectivity index (χ4n) is 2.40. The van der Waals surface area contributed by atoms with Gasteiger partial charge in [0.1, 0.15) is 12.0 Å². The Kier molecular flexibility index (Phi) is 5.37. The predicted octanol–water partition coefficient (Wildman–Crippen LogP) is 0.721. The molecular weight excluding hydrogens is 284 g/mol. The van der Waals surface area contributed by atoms with Gasteiger partial charge in [-0.25, -0.2) is 9.78 Å². The van der Waals surface area contributed by atoms with Crippen LogP contribution in [0.25, 0.3) is 0 Å². The summed E-state index contributed by atoms with van der Waals surface area (Å²) in [7, 11) is 7.31. The zero-order valence-electron chi connectivity index (χ0n) is 13.7. The number of anilines is 2. The molecule has 122 valence electrons. The average molecular weight is 308 g/mol. The second kappa shape index (κ2) is 7.26. The third-order valence-electron chi connectivity index (χ3n) is 3.65. The lowest BCUT2D eigenvalue weighted by Gasteiger charge is -2.23. The molecule has 1 N–H and O–H groups in total. The second-order valence-corrected chi connectivity index (χ2v) is 5.55. The minimum Gasteiger partial charge on any atom is -0.479 e. The molecule has 1 aromatic heterocycles. The van der Waals surface area contributed by atoms with Gasteiger partial charge in [0.2, 0.25) is 5.88 Å². The number of rotatable bonds is 3. The Hall–Kier alpha value is -2.09. The lowest BCUT2D eigenvalue weighted by Crippen LogP contribution is -2.38. The summed E-state index contributed by atoms with van der Waals surface area (Å²) < 4.78 is 5.25. The molecule has 2 amide bonds. The van der Waals surface area contributed by atoms with E-state index in [1.807, 2.05) is 23.9 Å². The number of hydrogen-bond donors (Lipinski definition) is 1. The van der Waals surface area contributed by atoms with Crippen LogP contribution in [-0.4, -0.2) is 80.2 Å². The summed E-state index contributed by atoms with van der Waals surface area (Å²) in [5.41, 5.74) is 0.498. The van der Waals surface area contributed by atoms with E-state index in [4.69, 9.17) is 4.74 Å². The fraction of sp³-hybridized carbons (Fsp3) is 0.643. The van der Waals surface area contributed by atoms with Crippen LogP contribution >= 0.6 is 0 Å². The van der Waals surface area contributed by atoms with Crippen molar-refractivity contribution in [2.24, 2.45) is 0 Å². The summed E-state index contributed by atoms with van der Waals surface area (Å²) in [5.74, 6) is 0.978. The first-order valence-corrected chi connectivity index (χ1v) is 7.33. The summed E-state index contributed by atoms with van der Waals surface area (Å²) >= 11 is 0. The van der Waals surface area contributed by atoms with E-state index >= 15 is 0 Å². The number of aromatic nitrogens is 2. The Morgan fingerprint density at radius 3 is 2.73 bits per heavy atom. The minimum absolute atomic E-state index is 0.147. The van der Waals surface area contributed by atoms with E-state index in [0.717, 1.165) is 26.1 Å². The molecular formula is C14H24N6O2. The number of carbonyl (C=O) groups excluding carboxylic acids is 1. The van der Waals surface area contributed by atoms with Crippen LogP contribution in [0.5, 0.6) is 5.88 Å². The Bertz CT molecular complexity index is 522. The number of nitrogens with zero attached hydrogens (tertiary/aromatic N) is 5. The van der Waals surface area contributed by atoms with E-state index in [1.165, 1.54) is 13.4 Å². The zero-order chi connectivity index (χ0) is 16.1. The highest BCUT2D eigenvalue weighted by Gasteiger charge is 2.21. The maximum atomic E-state index is 12.5. The lowest BCUT2D eigenvalue weighted by molar-refractivity contribution is 0.213. The molecule has 0 spiro atoms. The third kappa shape index (κ3) is 3.76. The van der Waals surface area contributed by atoms with Crippen LogP contribution in [0.2, 0.25) is 0 Å². The topological polar surface area (TPSA) is 73.8 Å². The Labute approximate surface area is 131 Å². The second-order valence-electron chi connectivity index (χ2n) is 5.55. The van der Waals surface area contributed by atoms with Gasteiger partial charge in [-0.1, -0.05) is 0 Å². The highest BCUT2D eigenvalue weighted by atomic mass is 16.5. The van der Waals surface area contributed by atoms with Crippen molar-refractivity contribution in [3.63, 3.8) is 0 Å². The number of nitrogens with one attached hydrogen (secondary N) is 1. The first kappa shape index (κ1) is 16.3. The Balaban J connectivity index is 2.17. The molecule has 1 saturated heterocycles. The van der Waals surface area contributed by atoms with Crippen molar-refractivity contribution in [1.82, 2.24) is 19.8 Å². The normalized spacial score (nSPS) is 16.1. The van der Waals surface area contributed by atoms with Gasteiger partial charge >= 0.3 is 6.03 Å². The van der Waals surface area contributed by atoms with Crippen LogP contribution in [-0.2, 0) is 0 Å². The summed E-state index contributed by atoms with van der Waals surface area (Å²) in [4.78, 5) is 26.7. The Morgan fingerprint density at radius 2 is 2.05 bits per heavy atom. The molecule has 0 saturated carbocycles. The molecule has 2 heterocycles. The van der Waals surface area contributed by atoms with E-state index in [-0.39, 0.29) is 6.03 Å². The van der Waals surface area contributed by atoms with Gasteiger partial charge in [0.25, 0.3) is 0 Å². The van der Waals surface area contributed by atoms with E-state index in [9.17, 15) is 4.79 Å². The molecule has 8 nitrogen and oxygen atoms in total. The molecule has 1 aliphatic rings. The van der Waals surface area contributed by atoms with Gasteiger partial charge in [-0.05, 0) is 20.0 Å². The predicted molar refractivity (Wildman–Crippen MR) is 85.6 cm³/mol. The first-order valence-electron chi connectivity index (χ1n) is 7.33. The van der Waals surface area contributed by atoms with Crippen molar-refractivity contribution >= 4 is 17.5 Å². The van der Waals surface area contributed by atoms with Gasteiger partial charge in [0.15, 0.2) is 5.82 Å². The summed E-state index contributed by atoms with van der Waals surface area (Å²) in [6.07, 6.45) is 2.39. The molecule has 0 atom stereocenters. The SMILES string of the molecule is COc1ncnc(N(C)C)c1NC(=O)N1CCCN(C)CC1. The highest BCUT2D eigenvalue weighted by molar-refractivity contribution is 5.94. The van der Waals surface area contributed by atoms with E-state index < -0.39 is 0 Å². The maximum Gasteiger partial charge on any atom is 0.322 e. The molecule has 0 aliphatic carbocycles. The van der Waals surface area contributed by atoms with Crippen molar-refractivity contribution in [2.75, 3.05) is 64.6 Å². The van der Waals surface area contributed by atoms with E-state index in [0.29, 0.717) is 23.9 Å². The fourth-order valence-corrected chi connectivity index (χ4v) is 2.40. The van der Waals surface area contributed by atoms with Crippen LogP contribution in [0.3, 0.4) is 0 Å². The van der Waals surface area contributed by atoms with Crippen LogP contribution in [0.4, 0.5) is 16.3 Å². The molecule has 22 heavy (non-hydrogen) atoms. The van der Waals surface area contributed by atoms with Crippen molar-refractivity contribution < 1.29 is 9.53 Å². The Morgan fingerprint density at radius 1 is 1.27 bits per heavy atom. The quantitative estimate of drug-likeness (QED) is 0.887. The number of carbonyl (C=O) groups is 1. The number of methoxy groups -OCH3 is 1. The summed E-state index contributed by atoms with van der Waals surface area (Å²) in [5, 5.41) is 2.90. The molecule has 1 fully saturated rings. The van der Waals surface area contributed by atoms with Gasteiger partial charge in [-0.3, -0.25) is 5.32 Å². The monoisotopic (exact) mass is 308 g/mol. The molecule has 0 bridgehead atoms. The average Bonchev–Trinajstić information content (AvgIpc) is 2.72. The molecule has 0 aromatic carbocycles. The smallest absolute Gasteiger partial charge is 0.322 e. The standard InChI is InChI=1S/C14H24N6O2/c1-18(2)12-11(13(22-4)16-10-15-12)17-14(21)20-7-5-6-19(3)8-9-20/h10H,5-9H2,1-4H3,(H,17,21). The molecule has 0 unspecified atom stereocenters. The number of amides is 2. The van der Waals surface area contributed by atoms with Crippen molar-refractivity contribution in [2.45, 2.75) is 6.42 Å². The molecule has 0 radical (unpaired) electrons. The van der Waals surface area contributed by atoms with Crippen molar-refractivity contribution in [1.29, 1.82) is 0 Å². The summed E-state index contributed by atoms with van der Waals surface area (Å²) in [6.45, 7) is 3.32. The van der Waals surface area contributed by atoms with Crippen LogP contribution < -0.4 is 15.0 Å². The van der Waals surface area contributed by atoms with Gasteiger partial charge < -0.3 is 19.4 Å². The van der Waals surface area contributed by atoms with Crippen molar-refractivity contribution in [3.8, 4) is 5.88 Å². The van der Waals surface area contributed by atoms with Gasteiger partial charge in [-0.2, -0.15) is 4.98 Å². The highest BCUT2D eigenvalue weighted by Crippen LogP contribution is 2.30. The number of likely N-dealkylation sites (N-methyl/N-ethyl adjacent to an activating group) is 1. The first-order chi connectivity index (χ1) is 10.5. The molecule has 1 aromatic rings. The van der Waals surface area contributed by atoms with Crippen molar-refractivity contribution in [3.05, 3.63) is 6.33 Å². The van der Waals surface area contributed by atoms with E-state index in [2.05, 4.69) is 27.2 Å². The molecule has 8 heteroatoms. The maximum absolute atomic E-state index is 12.5. The van der Waals surface area contributed by atoms with Crippen LogP contribution in [0.15, 0.2) is 6.33 Å². The largest absolute Gasteiger partial charge is 0.479 e. The number of urea groups is 1.